The lowest BCUT2D eigenvalue weighted by Crippen LogP contribution is -2.39. The number of aryl methyl sites for hydroxylation is 1. The normalized spacial score (nSPS) is 21.2. The van der Waals surface area contributed by atoms with Crippen molar-refractivity contribution in [2.24, 2.45) is 7.05 Å². The fourth-order valence-electron chi connectivity index (χ4n) is 2.48. The van der Waals surface area contributed by atoms with Crippen molar-refractivity contribution in [1.29, 1.82) is 0 Å². The molecule has 2 aromatic rings. The van der Waals surface area contributed by atoms with E-state index in [2.05, 4.69) is 10.6 Å². The smallest absolute Gasteiger partial charge is 0.282 e. The Balaban J connectivity index is 1.63. The minimum absolute atomic E-state index is 0.0121. The molecule has 1 N–H and O–H groups in total. The number of rotatable bonds is 4. The summed E-state index contributed by atoms with van der Waals surface area (Å²) in [5, 5.41) is 4.15. The van der Waals surface area contributed by atoms with E-state index in [1.807, 2.05) is 31.4 Å². The molecular formula is C15H17N3O3. The van der Waals surface area contributed by atoms with Crippen molar-refractivity contribution in [1.82, 2.24) is 15.3 Å². The molecule has 1 aliphatic heterocycles. The summed E-state index contributed by atoms with van der Waals surface area (Å²) in [7, 11) is 1.85. The van der Waals surface area contributed by atoms with Gasteiger partial charge in [-0.2, -0.15) is 10.6 Å². The number of aromatic nitrogens is 2. The number of carbonyl (C=O) groups excluding carboxylic acids is 1. The number of amides is 1. The van der Waals surface area contributed by atoms with Crippen molar-refractivity contribution < 1.29 is 14.4 Å². The van der Waals surface area contributed by atoms with E-state index < -0.39 is 6.10 Å². The fraction of sp³-hybridized carbons (Fsp3) is 0.333. The molecule has 6 nitrogen and oxygen atoms in total. The van der Waals surface area contributed by atoms with Crippen LogP contribution >= 0.6 is 0 Å². The monoisotopic (exact) mass is 287 g/mol. The minimum atomic E-state index is -0.544. The highest BCUT2D eigenvalue weighted by molar-refractivity contribution is 5.81. The highest BCUT2D eigenvalue weighted by atomic mass is 16.7. The first-order valence-electron chi connectivity index (χ1n) is 6.86. The largest absolute Gasteiger partial charge is 0.379 e. The molecule has 21 heavy (non-hydrogen) atoms. The predicted molar refractivity (Wildman–Crippen MR) is 75.5 cm³/mol. The Hall–Kier alpha value is -2.34. The van der Waals surface area contributed by atoms with Crippen LogP contribution in [0.3, 0.4) is 0 Å². The molecule has 110 valence electrons. The second-order valence-corrected chi connectivity index (χ2v) is 5.02. The molecule has 6 heteroatoms. The van der Waals surface area contributed by atoms with Crippen LogP contribution < -0.4 is 10.3 Å². The first kappa shape index (κ1) is 13.6. The van der Waals surface area contributed by atoms with Crippen molar-refractivity contribution in [2.45, 2.75) is 18.4 Å². The molecule has 1 fully saturated rings. The van der Waals surface area contributed by atoms with Crippen LogP contribution in [0.5, 0.6) is 5.75 Å². The van der Waals surface area contributed by atoms with Gasteiger partial charge in [-0.15, -0.1) is 0 Å². The predicted octanol–water partition coefficient (Wildman–Crippen LogP) is 1.40. The Labute approximate surface area is 122 Å². The number of hydroxylamine groups is 1. The lowest BCUT2D eigenvalue weighted by molar-refractivity contribution is -0.137. The summed E-state index contributed by atoms with van der Waals surface area (Å²) in [6, 6.07) is 9.11. The van der Waals surface area contributed by atoms with Gasteiger partial charge in [0.2, 0.25) is 0 Å². The highest BCUT2D eigenvalue weighted by Gasteiger charge is 2.36. The maximum atomic E-state index is 12.2. The number of carbonyl (C=O) groups is 1. The standard InChI is InChI=1S/C15H17N3O3/c1-18-10-11(9-16-18)13-7-8-20-14(13)15(19)17-21-12-5-3-2-4-6-12/h2-6,9-10,13-14H,7-8H2,1H3,(H,17,19)/t13-,14-/m0/s1. The maximum absolute atomic E-state index is 12.2. The van der Waals surface area contributed by atoms with E-state index in [0.717, 1.165) is 12.0 Å². The second-order valence-electron chi connectivity index (χ2n) is 5.02. The number of nitrogens with zero attached hydrogens (tertiary/aromatic N) is 2. The molecule has 1 aromatic heterocycles. The number of ether oxygens (including phenoxy) is 1. The van der Waals surface area contributed by atoms with Gasteiger partial charge >= 0.3 is 0 Å². The van der Waals surface area contributed by atoms with Gasteiger partial charge in [0.15, 0.2) is 5.75 Å². The molecule has 2 heterocycles. The Kier molecular flexibility index (Phi) is 3.87. The third kappa shape index (κ3) is 3.05. The van der Waals surface area contributed by atoms with Crippen molar-refractivity contribution in [2.75, 3.05) is 6.61 Å². The molecule has 1 aromatic carbocycles. The van der Waals surface area contributed by atoms with E-state index in [0.29, 0.717) is 12.4 Å². The summed E-state index contributed by atoms with van der Waals surface area (Å²) in [5.41, 5.74) is 3.47. The van der Waals surface area contributed by atoms with Crippen LogP contribution in [0, 0.1) is 0 Å². The summed E-state index contributed by atoms with van der Waals surface area (Å²) in [6.45, 7) is 0.559. The van der Waals surface area contributed by atoms with Crippen molar-refractivity contribution in [3.05, 3.63) is 48.3 Å². The van der Waals surface area contributed by atoms with Gasteiger partial charge in [-0.1, -0.05) is 18.2 Å². The zero-order chi connectivity index (χ0) is 14.7. The Morgan fingerprint density at radius 3 is 2.95 bits per heavy atom. The lowest BCUT2D eigenvalue weighted by atomic mass is 9.95. The highest BCUT2D eigenvalue weighted by Crippen LogP contribution is 2.31. The number of para-hydroxylation sites is 1. The topological polar surface area (TPSA) is 65.4 Å². The molecular weight excluding hydrogens is 270 g/mol. The van der Waals surface area contributed by atoms with Crippen LogP contribution in [0.2, 0.25) is 0 Å². The SMILES string of the molecule is Cn1cc([C@@H]2CCO[C@@H]2C(=O)NOc2ccccc2)cn1. The van der Waals surface area contributed by atoms with Gasteiger partial charge in [0.1, 0.15) is 6.10 Å². The second kappa shape index (κ2) is 5.97. The third-order valence-electron chi connectivity index (χ3n) is 3.52. The van der Waals surface area contributed by atoms with E-state index in [-0.39, 0.29) is 11.8 Å². The molecule has 0 bridgehead atoms. The number of hydrogen-bond acceptors (Lipinski definition) is 4. The average Bonchev–Trinajstić information content (AvgIpc) is 3.14. The Bertz CT molecular complexity index is 612. The molecule has 0 radical (unpaired) electrons. The number of nitrogens with one attached hydrogen (secondary N) is 1. The van der Waals surface area contributed by atoms with E-state index in [4.69, 9.17) is 9.57 Å². The molecule has 0 spiro atoms. The van der Waals surface area contributed by atoms with Gasteiger partial charge in [-0.05, 0) is 24.1 Å². The summed E-state index contributed by atoms with van der Waals surface area (Å²) < 4.78 is 7.28. The Morgan fingerprint density at radius 2 is 2.24 bits per heavy atom. The average molecular weight is 287 g/mol. The molecule has 0 saturated carbocycles. The quantitative estimate of drug-likeness (QED) is 0.863. The van der Waals surface area contributed by atoms with Crippen LogP contribution in [-0.4, -0.2) is 28.4 Å². The summed E-state index contributed by atoms with van der Waals surface area (Å²) >= 11 is 0. The van der Waals surface area contributed by atoms with Gasteiger partial charge in [0.05, 0.1) is 6.20 Å². The van der Waals surface area contributed by atoms with Crippen LogP contribution in [0.15, 0.2) is 42.7 Å². The number of benzene rings is 1. The van der Waals surface area contributed by atoms with Crippen molar-refractivity contribution >= 4 is 5.91 Å². The van der Waals surface area contributed by atoms with Crippen LogP contribution in [0.25, 0.3) is 0 Å². The van der Waals surface area contributed by atoms with E-state index in [1.54, 1.807) is 23.0 Å². The van der Waals surface area contributed by atoms with Gasteiger partial charge in [-0.25, -0.2) is 0 Å². The van der Waals surface area contributed by atoms with Gasteiger partial charge in [0, 0.05) is 25.8 Å². The first-order valence-corrected chi connectivity index (χ1v) is 6.86. The van der Waals surface area contributed by atoms with E-state index >= 15 is 0 Å². The molecule has 1 aliphatic rings. The van der Waals surface area contributed by atoms with E-state index in [9.17, 15) is 4.79 Å². The molecule has 0 unspecified atom stereocenters. The zero-order valence-electron chi connectivity index (χ0n) is 11.7. The van der Waals surface area contributed by atoms with Crippen molar-refractivity contribution in [3.8, 4) is 5.75 Å². The fourth-order valence-corrected chi connectivity index (χ4v) is 2.48. The molecule has 0 aliphatic carbocycles. The Morgan fingerprint density at radius 1 is 1.43 bits per heavy atom. The minimum Gasteiger partial charge on any atom is -0.379 e. The summed E-state index contributed by atoms with van der Waals surface area (Å²) in [4.78, 5) is 17.5. The van der Waals surface area contributed by atoms with E-state index in [1.165, 1.54) is 0 Å². The summed E-state index contributed by atoms with van der Waals surface area (Å²) in [5.74, 6) is 0.324. The molecule has 3 rings (SSSR count). The lowest BCUT2D eigenvalue weighted by Gasteiger charge is -2.16. The molecule has 2 atom stereocenters. The van der Waals surface area contributed by atoms with Gasteiger partial charge in [0.25, 0.3) is 5.91 Å². The molecule has 1 amide bonds. The zero-order valence-corrected chi connectivity index (χ0v) is 11.7. The van der Waals surface area contributed by atoms with Gasteiger partial charge in [-0.3, -0.25) is 9.48 Å². The van der Waals surface area contributed by atoms with Crippen LogP contribution in [0.4, 0.5) is 0 Å². The van der Waals surface area contributed by atoms with Crippen molar-refractivity contribution in [3.63, 3.8) is 0 Å². The number of hydrogen-bond donors (Lipinski definition) is 1. The maximum Gasteiger partial charge on any atom is 0.282 e. The third-order valence-corrected chi connectivity index (χ3v) is 3.52. The van der Waals surface area contributed by atoms with Crippen LogP contribution in [-0.2, 0) is 16.6 Å². The summed E-state index contributed by atoms with van der Waals surface area (Å²) in [6.07, 6.45) is 3.95. The molecule has 1 saturated heterocycles. The van der Waals surface area contributed by atoms with Gasteiger partial charge < -0.3 is 9.57 Å². The van der Waals surface area contributed by atoms with Crippen LogP contribution in [0.1, 0.15) is 17.9 Å². The first-order chi connectivity index (χ1) is 10.2.